The fourth-order valence-electron chi connectivity index (χ4n) is 4.28. The third kappa shape index (κ3) is 10.8. The van der Waals surface area contributed by atoms with E-state index in [1.807, 2.05) is 0 Å². The number of carbonyl (C=O) groups excluding carboxylic acids is 1. The minimum Gasteiger partial charge on any atom is -0.458 e. The van der Waals surface area contributed by atoms with Crippen LogP contribution >= 0.6 is 0 Å². The fraction of sp³-hybridized carbons (Fsp3) is 0.692. The molecule has 0 amide bonds. The summed E-state index contributed by atoms with van der Waals surface area (Å²) in [5.74, 6) is -0.415. The molecule has 1 aliphatic carbocycles. The molecular weight excluding hydrogens is 374 g/mol. The molecule has 0 heterocycles. The van der Waals surface area contributed by atoms with Crippen LogP contribution in [0.1, 0.15) is 108 Å². The predicted molar refractivity (Wildman–Crippen MR) is 123 cm³/mol. The highest BCUT2D eigenvalue weighted by Crippen LogP contribution is 2.20. The number of benzene rings is 1. The number of carbonyl (C=O) groups is 1. The van der Waals surface area contributed by atoms with Crippen LogP contribution in [0.4, 0.5) is 0 Å². The average molecular weight is 416 g/mol. The Morgan fingerprint density at radius 3 is 2.03 bits per heavy atom. The topological polar surface area (TPSA) is 58.9 Å². The lowest BCUT2D eigenvalue weighted by molar-refractivity contribution is -0.141. The van der Waals surface area contributed by atoms with Crippen LogP contribution in [0.3, 0.4) is 0 Å². The summed E-state index contributed by atoms with van der Waals surface area (Å²) >= 11 is 0. The van der Waals surface area contributed by atoms with Gasteiger partial charge in [0, 0.05) is 6.42 Å². The van der Waals surface area contributed by atoms with Gasteiger partial charge in [-0.3, -0.25) is 0 Å². The van der Waals surface area contributed by atoms with E-state index < -0.39 is 5.97 Å². The van der Waals surface area contributed by atoms with Crippen molar-refractivity contribution in [2.45, 2.75) is 115 Å². The Hall–Kier alpha value is -1.84. The number of ether oxygens (including phenoxy) is 1. The zero-order chi connectivity index (χ0) is 21.3. The first kappa shape index (κ1) is 24.4. The van der Waals surface area contributed by atoms with E-state index in [0.29, 0.717) is 6.42 Å². The van der Waals surface area contributed by atoms with E-state index in [1.54, 1.807) is 0 Å². The highest BCUT2D eigenvalue weighted by Gasteiger charge is 2.20. The van der Waals surface area contributed by atoms with Crippen molar-refractivity contribution >= 4 is 11.7 Å². The third-order valence-corrected chi connectivity index (χ3v) is 6.15. The predicted octanol–water partition coefficient (Wildman–Crippen LogP) is 7.23. The van der Waals surface area contributed by atoms with Gasteiger partial charge in [0.15, 0.2) is 5.71 Å². The lowest BCUT2D eigenvalue weighted by atomic mass is 9.98. The van der Waals surface area contributed by atoms with Crippen LogP contribution in [0.15, 0.2) is 35.5 Å². The van der Waals surface area contributed by atoms with Crippen molar-refractivity contribution in [3.05, 3.63) is 35.9 Å². The molecule has 4 nitrogen and oxygen atoms in total. The van der Waals surface area contributed by atoms with Crippen LogP contribution in [0.2, 0.25) is 0 Å². The van der Waals surface area contributed by atoms with Crippen molar-refractivity contribution in [1.82, 2.24) is 0 Å². The van der Waals surface area contributed by atoms with Crippen molar-refractivity contribution in [2.75, 3.05) is 0 Å². The van der Waals surface area contributed by atoms with Crippen molar-refractivity contribution in [3.63, 3.8) is 0 Å². The van der Waals surface area contributed by atoms with Gasteiger partial charge in [0.1, 0.15) is 6.10 Å². The minimum absolute atomic E-state index is 0.00330. The number of rotatable bonds is 13. The van der Waals surface area contributed by atoms with Crippen LogP contribution in [-0.2, 0) is 16.0 Å². The van der Waals surface area contributed by atoms with Gasteiger partial charge >= 0.3 is 5.97 Å². The molecule has 168 valence electrons. The van der Waals surface area contributed by atoms with Crippen LogP contribution in [0.5, 0.6) is 0 Å². The van der Waals surface area contributed by atoms with Crippen molar-refractivity contribution in [3.8, 4) is 0 Å². The van der Waals surface area contributed by atoms with Crippen molar-refractivity contribution < 1.29 is 14.7 Å². The zero-order valence-electron chi connectivity index (χ0n) is 18.7. The second-order valence-electron chi connectivity index (χ2n) is 8.73. The Kier molecular flexibility index (Phi) is 13.0. The zero-order valence-corrected chi connectivity index (χ0v) is 18.7. The van der Waals surface area contributed by atoms with Gasteiger partial charge < -0.3 is 9.94 Å². The Bertz CT molecular complexity index is 592. The van der Waals surface area contributed by atoms with Crippen LogP contribution in [0.25, 0.3) is 0 Å². The Labute approximate surface area is 183 Å². The number of nitrogens with zero attached hydrogens (tertiary/aromatic N) is 1. The summed E-state index contributed by atoms with van der Waals surface area (Å²) in [6.07, 6.45) is 19.1. The summed E-state index contributed by atoms with van der Waals surface area (Å²) < 4.78 is 5.62. The summed E-state index contributed by atoms with van der Waals surface area (Å²) in [6.45, 7) is 0. The molecule has 0 spiro atoms. The quantitative estimate of drug-likeness (QED) is 0.122. The normalized spacial score (nSPS) is 16.1. The van der Waals surface area contributed by atoms with E-state index in [0.717, 1.165) is 38.5 Å². The SMILES string of the molecule is O=C(OC1CCCCCCC1)/C(CCCCCCCCCCc1ccccc1)=N\O. The highest BCUT2D eigenvalue weighted by atomic mass is 16.5. The second-order valence-corrected chi connectivity index (χ2v) is 8.73. The molecule has 4 heteroatoms. The van der Waals surface area contributed by atoms with Crippen LogP contribution in [0, 0.1) is 0 Å². The van der Waals surface area contributed by atoms with Gasteiger partial charge in [0.05, 0.1) is 0 Å². The molecule has 1 aromatic carbocycles. The van der Waals surface area contributed by atoms with Gasteiger partial charge in [-0.05, 0) is 50.5 Å². The maximum Gasteiger partial charge on any atom is 0.356 e. The molecule has 0 atom stereocenters. The van der Waals surface area contributed by atoms with Gasteiger partial charge in [0.2, 0.25) is 0 Å². The number of unbranched alkanes of at least 4 members (excludes halogenated alkanes) is 7. The molecule has 0 unspecified atom stereocenters. The van der Waals surface area contributed by atoms with E-state index >= 15 is 0 Å². The van der Waals surface area contributed by atoms with Crippen molar-refractivity contribution in [2.24, 2.45) is 5.16 Å². The Balaban J connectivity index is 1.46. The molecule has 0 aromatic heterocycles. The lowest BCUT2D eigenvalue weighted by Crippen LogP contribution is -2.25. The molecule has 1 aromatic rings. The van der Waals surface area contributed by atoms with E-state index in [1.165, 1.54) is 69.8 Å². The lowest BCUT2D eigenvalue weighted by Gasteiger charge is -2.20. The largest absolute Gasteiger partial charge is 0.458 e. The maximum atomic E-state index is 12.3. The molecule has 0 bridgehead atoms. The van der Waals surface area contributed by atoms with Crippen LogP contribution in [-0.4, -0.2) is 23.0 Å². The molecule has 30 heavy (non-hydrogen) atoms. The van der Waals surface area contributed by atoms with E-state index in [-0.39, 0.29) is 11.8 Å². The van der Waals surface area contributed by atoms with Gasteiger partial charge in [-0.1, -0.05) is 93.3 Å². The molecule has 1 N–H and O–H groups in total. The molecule has 1 aliphatic rings. The number of aryl methyl sites for hydroxylation is 1. The minimum atomic E-state index is -0.415. The summed E-state index contributed by atoms with van der Waals surface area (Å²) in [5, 5.41) is 12.4. The molecule has 0 radical (unpaired) electrons. The maximum absolute atomic E-state index is 12.3. The number of hydrogen-bond donors (Lipinski definition) is 1. The molecule has 2 rings (SSSR count). The number of oxime groups is 1. The highest BCUT2D eigenvalue weighted by molar-refractivity contribution is 6.36. The molecule has 1 saturated carbocycles. The summed E-state index contributed by atoms with van der Waals surface area (Å²) in [7, 11) is 0. The first-order valence-electron chi connectivity index (χ1n) is 12.3. The third-order valence-electron chi connectivity index (χ3n) is 6.15. The van der Waals surface area contributed by atoms with Gasteiger partial charge in [0.25, 0.3) is 0 Å². The monoisotopic (exact) mass is 415 g/mol. The first-order valence-corrected chi connectivity index (χ1v) is 12.3. The van der Waals surface area contributed by atoms with Crippen LogP contribution < -0.4 is 0 Å². The number of hydrogen-bond acceptors (Lipinski definition) is 4. The van der Waals surface area contributed by atoms with E-state index in [4.69, 9.17) is 4.74 Å². The van der Waals surface area contributed by atoms with E-state index in [9.17, 15) is 10.0 Å². The van der Waals surface area contributed by atoms with Crippen molar-refractivity contribution in [1.29, 1.82) is 0 Å². The van der Waals surface area contributed by atoms with E-state index in [2.05, 4.69) is 35.5 Å². The fourth-order valence-corrected chi connectivity index (χ4v) is 4.28. The summed E-state index contributed by atoms with van der Waals surface area (Å²) in [4.78, 5) is 12.3. The average Bonchev–Trinajstić information content (AvgIpc) is 2.74. The molecule has 0 saturated heterocycles. The molecular formula is C26H41NO3. The Morgan fingerprint density at radius 2 is 1.40 bits per heavy atom. The standard InChI is InChI=1S/C26H41NO3/c28-26(30-24-20-14-7-5-8-15-21-24)25(27-29)22-16-9-4-2-1-3-6-11-17-23-18-12-10-13-19-23/h10,12-13,18-19,24,29H,1-9,11,14-17,20-22H2/b27-25-. The number of esters is 1. The molecule has 0 aliphatic heterocycles. The summed E-state index contributed by atoms with van der Waals surface area (Å²) in [5.41, 5.74) is 1.63. The molecule has 1 fully saturated rings. The van der Waals surface area contributed by atoms with Gasteiger partial charge in [-0.25, -0.2) is 4.79 Å². The Morgan fingerprint density at radius 1 is 0.833 bits per heavy atom. The smallest absolute Gasteiger partial charge is 0.356 e. The summed E-state index contributed by atoms with van der Waals surface area (Å²) in [6, 6.07) is 10.7. The second kappa shape index (κ2) is 15.9. The first-order chi connectivity index (χ1) is 14.8. The van der Waals surface area contributed by atoms with Gasteiger partial charge in [-0.15, -0.1) is 0 Å². The van der Waals surface area contributed by atoms with Gasteiger partial charge in [-0.2, -0.15) is 0 Å².